The van der Waals surface area contributed by atoms with E-state index in [1.54, 1.807) is 0 Å². The summed E-state index contributed by atoms with van der Waals surface area (Å²) >= 11 is 0. The first-order valence-corrected chi connectivity index (χ1v) is 22.0. The Morgan fingerprint density at radius 3 is 1.87 bits per heavy atom. The van der Waals surface area contributed by atoms with Crippen molar-refractivity contribution in [3.05, 3.63) is 198 Å². The van der Waals surface area contributed by atoms with Crippen molar-refractivity contribution in [2.24, 2.45) is 29.1 Å². The summed E-state index contributed by atoms with van der Waals surface area (Å²) in [5.41, 5.74) is 12.3. The summed E-state index contributed by atoms with van der Waals surface area (Å²) < 4.78 is 7.09. The van der Waals surface area contributed by atoms with Gasteiger partial charge in [-0.2, -0.15) is 0 Å². The Hall–Kier alpha value is -6.39. The highest BCUT2D eigenvalue weighted by molar-refractivity contribution is 5.79. The fourth-order valence-electron chi connectivity index (χ4n) is 14.1. The van der Waals surface area contributed by atoms with E-state index in [0.29, 0.717) is 28.3 Å². The Morgan fingerprint density at radius 1 is 0.500 bits per heavy atom. The predicted octanol–water partition coefficient (Wildman–Crippen LogP) is 12.9. The number of fused-ring (bicyclic) bond motifs is 10. The summed E-state index contributed by atoms with van der Waals surface area (Å²) in [5, 5.41) is 0. The lowest BCUT2D eigenvalue weighted by Gasteiger charge is -2.66. The molecule has 288 valence electrons. The molecule has 60 heavy (non-hydrogen) atoms. The Balaban J connectivity index is 0.936. The number of allylic oxidation sites excluding steroid dienone is 4. The second-order valence-corrected chi connectivity index (χ2v) is 18.9. The lowest BCUT2D eigenvalue weighted by molar-refractivity contribution is -0.175. The van der Waals surface area contributed by atoms with Crippen LogP contribution in [0.25, 0.3) is 45.3 Å². The third-order valence-electron chi connectivity index (χ3n) is 16.6. The van der Waals surface area contributed by atoms with Gasteiger partial charge in [0.15, 0.2) is 17.5 Å². The van der Waals surface area contributed by atoms with Crippen molar-refractivity contribution in [2.45, 2.75) is 48.9 Å². The first kappa shape index (κ1) is 33.4. The Kier molecular flexibility index (Phi) is 6.62. The molecule has 6 unspecified atom stereocenters. The molecule has 6 aliphatic carbocycles. The fraction of sp³-hybridized carbons (Fsp3) is 0.232. The molecule has 2 bridgehead atoms. The zero-order valence-corrected chi connectivity index (χ0v) is 33.3. The van der Waals surface area contributed by atoms with Crippen molar-refractivity contribution in [3.63, 3.8) is 0 Å². The van der Waals surface area contributed by atoms with Gasteiger partial charge in [-0.15, -0.1) is 0 Å². The average molecular weight is 774 g/mol. The molecule has 6 aromatic carbocycles. The van der Waals surface area contributed by atoms with Gasteiger partial charge in [-0.05, 0) is 101 Å². The first-order chi connectivity index (χ1) is 29.6. The van der Waals surface area contributed by atoms with Gasteiger partial charge in [0.2, 0.25) is 0 Å². The van der Waals surface area contributed by atoms with E-state index in [1.807, 2.05) is 0 Å². The maximum Gasteiger partial charge on any atom is 0.167 e. The average Bonchev–Trinajstić information content (AvgIpc) is 3.91. The highest BCUT2D eigenvalue weighted by Crippen LogP contribution is 2.84. The van der Waals surface area contributed by atoms with Gasteiger partial charge in [0, 0.05) is 34.1 Å². The van der Waals surface area contributed by atoms with E-state index in [4.69, 9.17) is 19.7 Å². The molecule has 4 heteroatoms. The van der Waals surface area contributed by atoms with Crippen molar-refractivity contribution < 1.29 is 4.74 Å². The van der Waals surface area contributed by atoms with Gasteiger partial charge in [-0.25, -0.2) is 15.0 Å². The number of rotatable bonds is 5. The molecule has 7 aromatic rings. The quantitative estimate of drug-likeness (QED) is 0.175. The molecule has 0 amide bonds. The molecule has 0 saturated heterocycles. The molecular weight excluding hydrogens is 731 g/mol. The highest BCUT2D eigenvalue weighted by atomic mass is 16.5. The molecular formula is C56H43N3O. The third kappa shape index (κ3) is 4.24. The minimum absolute atomic E-state index is 0.181. The molecule has 4 saturated carbocycles. The number of para-hydroxylation sites is 2. The van der Waals surface area contributed by atoms with Crippen molar-refractivity contribution in [2.75, 3.05) is 0 Å². The van der Waals surface area contributed by atoms with Crippen LogP contribution in [-0.2, 0) is 10.8 Å². The van der Waals surface area contributed by atoms with Crippen LogP contribution in [-0.4, -0.2) is 15.0 Å². The van der Waals surface area contributed by atoms with Crippen molar-refractivity contribution in [1.29, 1.82) is 0 Å². The molecule has 0 N–H and O–H groups in total. The topological polar surface area (TPSA) is 47.9 Å². The van der Waals surface area contributed by atoms with Crippen LogP contribution in [0.5, 0.6) is 11.5 Å². The van der Waals surface area contributed by atoms with Crippen LogP contribution < -0.4 is 4.74 Å². The Labute approximate surface area is 350 Å². The fourth-order valence-corrected chi connectivity index (χ4v) is 14.1. The smallest absolute Gasteiger partial charge is 0.167 e. The molecule has 1 aliphatic heterocycles. The van der Waals surface area contributed by atoms with Crippen LogP contribution in [0, 0.1) is 29.1 Å². The Bertz CT molecular complexity index is 2970. The third-order valence-corrected chi connectivity index (χ3v) is 16.6. The van der Waals surface area contributed by atoms with E-state index in [2.05, 4.69) is 170 Å². The molecule has 0 radical (unpaired) electrons. The zero-order valence-electron chi connectivity index (χ0n) is 33.3. The van der Waals surface area contributed by atoms with Crippen LogP contribution in [0.4, 0.5) is 0 Å². The summed E-state index contributed by atoms with van der Waals surface area (Å²) in [6.07, 6.45) is 16.3. The molecule has 14 rings (SSSR count). The van der Waals surface area contributed by atoms with Gasteiger partial charge < -0.3 is 4.74 Å². The maximum absolute atomic E-state index is 7.09. The highest BCUT2D eigenvalue weighted by Gasteiger charge is 2.77. The first-order valence-electron chi connectivity index (χ1n) is 22.0. The molecule has 7 aliphatic rings. The molecule has 2 spiro atoms. The minimum Gasteiger partial charge on any atom is -0.456 e. The van der Waals surface area contributed by atoms with Gasteiger partial charge in [-0.3, -0.25) is 0 Å². The number of ether oxygens (including phenoxy) is 1. The second-order valence-electron chi connectivity index (χ2n) is 18.9. The minimum atomic E-state index is -0.455. The number of hydrogen-bond acceptors (Lipinski definition) is 4. The van der Waals surface area contributed by atoms with Gasteiger partial charge >= 0.3 is 0 Å². The van der Waals surface area contributed by atoms with E-state index >= 15 is 0 Å². The zero-order chi connectivity index (χ0) is 39.2. The predicted molar refractivity (Wildman–Crippen MR) is 237 cm³/mol. The van der Waals surface area contributed by atoms with Crippen LogP contribution in [0.1, 0.15) is 65.8 Å². The van der Waals surface area contributed by atoms with Crippen LogP contribution in [0.15, 0.2) is 170 Å². The number of hydrogen-bond donors (Lipinski definition) is 0. The SMILES string of the molecule is C1=CC2c3ccccc3C3(c4ccccc4Oc4c(-c5nc(-c6ccc(-c7ccccc7)cc6)nc(-c6ccc(C78C[C@H]9CC%10C[C@@H](C7)C%109C8)cc6)n5)cccc43)C2C=C1. The molecule has 8 atom stereocenters. The summed E-state index contributed by atoms with van der Waals surface area (Å²) in [4.78, 5) is 15.9. The summed E-state index contributed by atoms with van der Waals surface area (Å²) in [6.45, 7) is 0. The van der Waals surface area contributed by atoms with E-state index in [-0.39, 0.29) is 11.8 Å². The number of benzene rings is 6. The maximum atomic E-state index is 7.09. The molecule has 1 aromatic heterocycles. The van der Waals surface area contributed by atoms with Gasteiger partial charge in [0.05, 0.1) is 11.0 Å². The van der Waals surface area contributed by atoms with Crippen molar-refractivity contribution >= 4 is 0 Å². The monoisotopic (exact) mass is 773 g/mol. The number of aromatic nitrogens is 3. The summed E-state index contributed by atoms with van der Waals surface area (Å²) in [5.74, 6) is 6.99. The van der Waals surface area contributed by atoms with E-state index in [0.717, 1.165) is 57.1 Å². The normalized spacial score (nSPS) is 30.0. The van der Waals surface area contributed by atoms with Gasteiger partial charge in [0.1, 0.15) is 11.5 Å². The lowest BCUT2D eigenvalue weighted by atomic mass is 9.38. The molecule has 4 fully saturated rings. The van der Waals surface area contributed by atoms with Gasteiger partial charge in [-0.1, -0.05) is 158 Å². The largest absolute Gasteiger partial charge is 0.456 e. The van der Waals surface area contributed by atoms with Crippen LogP contribution in [0.3, 0.4) is 0 Å². The van der Waals surface area contributed by atoms with Crippen LogP contribution >= 0.6 is 0 Å². The van der Waals surface area contributed by atoms with Crippen molar-refractivity contribution in [3.8, 4) is 56.8 Å². The van der Waals surface area contributed by atoms with E-state index in [9.17, 15) is 0 Å². The molecule has 2 heterocycles. The second kappa shape index (κ2) is 11.9. The van der Waals surface area contributed by atoms with Crippen LogP contribution in [0.2, 0.25) is 0 Å². The lowest BCUT2D eigenvalue weighted by Crippen LogP contribution is -2.59. The number of nitrogens with zero attached hydrogens (tertiary/aromatic N) is 3. The standard InChI is InChI=1S/C56H43N3O/c1-2-11-34(12-3-1)35-21-23-36(24-22-35)51-57-52(37-25-27-38(28-26-37)54-31-40-29-39-30-41(32-54)55(39,40)33-54)59-53(58-51)44-15-10-19-48-50(44)60-49-20-9-8-18-47(49)56(48)45-16-6-4-13-42(45)43-14-5-7-17-46(43)56/h1-28,39-42,45H,29-33H2/t39?,40-,41+,42?,45?,54?,55?,56?. The van der Waals surface area contributed by atoms with Crippen molar-refractivity contribution in [1.82, 2.24) is 15.0 Å². The summed E-state index contributed by atoms with van der Waals surface area (Å²) in [7, 11) is 0. The summed E-state index contributed by atoms with van der Waals surface area (Å²) in [6, 6.07) is 52.7. The molecule has 4 nitrogen and oxygen atoms in total. The van der Waals surface area contributed by atoms with E-state index < -0.39 is 5.41 Å². The Morgan fingerprint density at radius 2 is 1.12 bits per heavy atom. The van der Waals surface area contributed by atoms with E-state index in [1.165, 1.54) is 59.9 Å². The van der Waals surface area contributed by atoms with Gasteiger partial charge in [0.25, 0.3) is 0 Å².